The lowest BCUT2D eigenvalue weighted by atomic mass is 9.95. The molecule has 142 valence electrons. The normalized spacial score (nSPS) is 12.3. The van der Waals surface area contributed by atoms with E-state index in [9.17, 15) is 21.6 Å². The monoisotopic (exact) mass is 405 g/mol. The highest BCUT2D eigenvalue weighted by Gasteiger charge is 2.35. The van der Waals surface area contributed by atoms with Crippen LogP contribution >= 0.6 is 11.6 Å². The van der Waals surface area contributed by atoms with E-state index in [-0.39, 0.29) is 9.92 Å². The van der Waals surface area contributed by atoms with Crippen LogP contribution in [0.15, 0.2) is 23.1 Å². The van der Waals surface area contributed by atoms with Gasteiger partial charge in [-0.05, 0) is 80.6 Å². The van der Waals surface area contributed by atoms with E-state index >= 15 is 0 Å². The van der Waals surface area contributed by atoms with E-state index in [0.717, 1.165) is 22.8 Å². The van der Waals surface area contributed by atoms with Crippen molar-refractivity contribution < 1.29 is 21.6 Å². The van der Waals surface area contributed by atoms with Crippen LogP contribution in [0.2, 0.25) is 5.02 Å². The van der Waals surface area contributed by atoms with Crippen LogP contribution < -0.4 is 4.72 Å². The summed E-state index contributed by atoms with van der Waals surface area (Å²) in [5, 5.41) is -0.130. The molecule has 0 radical (unpaired) electrons. The molecule has 1 N–H and O–H groups in total. The maximum absolute atomic E-state index is 13.3. The SMILES string of the molecule is Cc1c(C)c(C)c(S(=O)(=O)Nc2ccc(Cl)cc2C(F)(F)F)c(C)c1C. The molecule has 0 aliphatic rings. The average Bonchev–Trinajstić information content (AvgIpc) is 2.51. The summed E-state index contributed by atoms with van der Waals surface area (Å²) < 4.78 is 67.7. The molecule has 0 fully saturated rings. The van der Waals surface area contributed by atoms with Crippen molar-refractivity contribution in [3.63, 3.8) is 0 Å². The molecular weight excluding hydrogens is 387 g/mol. The predicted octanol–water partition coefficient (Wildman–Crippen LogP) is 5.70. The smallest absolute Gasteiger partial charge is 0.279 e. The van der Waals surface area contributed by atoms with Crippen molar-refractivity contribution in [3.8, 4) is 0 Å². The number of hydrogen-bond donors (Lipinski definition) is 1. The second-order valence-electron chi connectivity index (χ2n) is 6.25. The first-order chi connectivity index (χ1) is 11.8. The molecule has 2 aromatic rings. The third-order valence-electron chi connectivity index (χ3n) is 4.73. The van der Waals surface area contributed by atoms with Gasteiger partial charge in [-0.3, -0.25) is 4.72 Å². The zero-order chi connectivity index (χ0) is 20.0. The number of sulfonamides is 1. The first-order valence-corrected chi connectivity index (χ1v) is 9.60. The van der Waals surface area contributed by atoms with Crippen molar-refractivity contribution in [1.82, 2.24) is 0 Å². The van der Waals surface area contributed by atoms with E-state index in [4.69, 9.17) is 11.6 Å². The van der Waals surface area contributed by atoms with Crippen molar-refractivity contribution in [2.45, 2.75) is 45.7 Å². The molecule has 0 saturated heterocycles. The fourth-order valence-corrected chi connectivity index (χ4v) is 4.76. The average molecular weight is 406 g/mol. The number of anilines is 1. The minimum Gasteiger partial charge on any atom is -0.279 e. The molecular formula is C18H19ClF3NO2S. The molecule has 0 bridgehead atoms. The number of hydrogen-bond acceptors (Lipinski definition) is 2. The van der Waals surface area contributed by atoms with Crippen LogP contribution in [0.25, 0.3) is 0 Å². The maximum atomic E-state index is 13.3. The molecule has 2 aromatic carbocycles. The number of halogens is 4. The number of benzene rings is 2. The fourth-order valence-electron chi connectivity index (χ4n) is 2.90. The molecule has 2 rings (SSSR count). The topological polar surface area (TPSA) is 46.2 Å². The first-order valence-electron chi connectivity index (χ1n) is 7.74. The van der Waals surface area contributed by atoms with Crippen LogP contribution in [0.4, 0.5) is 18.9 Å². The Kier molecular flexibility index (Phi) is 5.36. The summed E-state index contributed by atoms with van der Waals surface area (Å²) in [6.07, 6.45) is -4.74. The third-order valence-corrected chi connectivity index (χ3v) is 6.60. The van der Waals surface area contributed by atoms with Crippen molar-refractivity contribution in [2.24, 2.45) is 0 Å². The second kappa shape index (κ2) is 6.78. The Labute approximate surface area is 156 Å². The molecule has 26 heavy (non-hydrogen) atoms. The van der Waals surface area contributed by atoms with E-state index in [1.807, 2.05) is 6.92 Å². The Bertz CT molecular complexity index is 954. The van der Waals surface area contributed by atoms with Gasteiger partial charge in [0.1, 0.15) is 0 Å². The lowest BCUT2D eigenvalue weighted by molar-refractivity contribution is -0.136. The molecule has 0 unspecified atom stereocenters. The van der Waals surface area contributed by atoms with Gasteiger partial charge in [0, 0.05) is 5.02 Å². The van der Waals surface area contributed by atoms with Gasteiger partial charge in [0.2, 0.25) is 0 Å². The van der Waals surface area contributed by atoms with E-state index in [1.54, 1.807) is 27.7 Å². The Morgan fingerprint density at radius 3 is 1.81 bits per heavy atom. The summed E-state index contributed by atoms with van der Waals surface area (Å²) in [5.41, 5.74) is 1.88. The Balaban J connectivity index is 2.67. The largest absolute Gasteiger partial charge is 0.418 e. The van der Waals surface area contributed by atoms with Gasteiger partial charge < -0.3 is 0 Å². The van der Waals surface area contributed by atoms with Crippen LogP contribution in [-0.2, 0) is 16.2 Å². The van der Waals surface area contributed by atoms with Gasteiger partial charge >= 0.3 is 6.18 Å². The summed E-state index contributed by atoms with van der Waals surface area (Å²) in [6, 6.07) is 2.92. The highest BCUT2D eigenvalue weighted by Crippen LogP contribution is 2.38. The predicted molar refractivity (Wildman–Crippen MR) is 97.4 cm³/mol. The van der Waals surface area contributed by atoms with Crippen LogP contribution in [0.3, 0.4) is 0 Å². The maximum Gasteiger partial charge on any atom is 0.418 e. The van der Waals surface area contributed by atoms with Crippen molar-refractivity contribution in [2.75, 3.05) is 4.72 Å². The second-order valence-corrected chi connectivity index (χ2v) is 8.30. The fraction of sp³-hybridized carbons (Fsp3) is 0.333. The molecule has 8 heteroatoms. The Morgan fingerprint density at radius 2 is 1.35 bits per heavy atom. The van der Waals surface area contributed by atoms with Crippen LogP contribution in [0.5, 0.6) is 0 Å². The highest BCUT2D eigenvalue weighted by atomic mass is 35.5. The zero-order valence-electron chi connectivity index (χ0n) is 15.0. The van der Waals surface area contributed by atoms with Gasteiger partial charge in [0.25, 0.3) is 10.0 Å². The van der Waals surface area contributed by atoms with Crippen LogP contribution in [-0.4, -0.2) is 8.42 Å². The lowest BCUT2D eigenvalue weighted by Gasteiger charge is -2.20. The Morgan fingerprint density at radius 1 is 0.885 bits per heavy atom. The molecule has 0 spiro atoms. The van der Waals surface area contributed by atoms with Gasteiger partial charge in [-0.15, -0.1) is 0 Å². The lowest BCUT2D eigenvalue weighted by Crippen LogP contribution is -2.20. The standard InChI is InChI=1S/C18H19ClF3NO2S/c1-9-10(2)12(4)17(13(5)11(9)3)26(24,25)23-16-7-6-14(19)8-15(16)18(20,21)22/h6-8,23H,1-5H3. The summed E-state index contributed by atoms with van der Waals surface area (Å²) in [6.45, 7) is 8.76. The number of alkyl halides is 3. The first kappa shape index (κ1) is 20.6. The molecule has 0 aromatic heterocycles. The quantitative estimate of drug-likeness (QED) is 0.711. The van der Waals surface area contributed by atoms with Crippen molar-refractivity contribution in [3.05, 3.63) is 56.6 Å². The summed E-state index contributed by atoms with van der Waals surface area (Å²) in [7, 11) is -4.23. The molecule has 0 amide bonds. The Hall–Kier alpha value is -1.73. The molecule has 0 heterocycles. The zero-order valence-corrected chi connectivity index (χ0v) is 16.5. The molecule has 0 saturated carbocycles. The van der Waals surface area contributed by atoms with Gasteiger partial charge in [0.15, 0.2) is 0 Å². The van der Waals surface area contributed by atoms with Crippen LogP contribution in [0.1, 0.15) is 33.4 Å². The van der Waals surface area contributed by atoms with Gasteiger partial charge in [0.05, 0.1) is 16.1 Å². The molecule has 0 atom stereocenters. The minimum absolute atomic E-state index is 0.00109. The van der Waals surface area contributed by atoms with E-state index in [2.05, 4.69) is 4.72 Å². The van der Waals surface area contributed by atoms with E-state index in [0.29, 0.717) is 17.2 Å². The summed E-state index contributed by atoms with van der Waals surface area (Å²) >= 11 is 5.64. The van der Waals surface area contributed by atoms with Crippen molar-refractivity contribution in [1.29, 1.82) is 0 Å². The van der Waals surface area contributed by atoms with Crippen molar-refractivity contribution >= 4 is 27.3 Å². The number of nitrogens with one attached hydrogen (secondary N) is 1. The molecule has 3 nitrogen and oxygen atoms in total. The third kappa shape index (κ3) is 3.69. The molecule has 0 aliphatic carbocycles. The van der Waals surface area contributed by atoms with Gasteiger partial charge in [-0.2, -0.15) is 13.2 Å². The van der Waals surface area contributed by atoms with E-state index < -0.39 is 27.5 Å². The van der Waals surface area contributed by atoms with Gasteiger partial charge in [-0.1, -0.05) is 11.6 Å². The van der Waals surface area contributed by atoms with Crippen LogP contribution in [0, 0.1) is 34.6 Å². The summed E-state index contributed by atoms with van der Waals surface area (Å²) in [4.78, 5) is 0.00109. The number of rotatable bonds is 3. The van der Waals surface area contributed by atoms with Gasteiger partial charge in [-0.25, -0.2) is 8.42 Å². The minimum atomic E-state index is -4.74. The van der Waals surface area contributed by atoms with E-state index in [1.165, 1.54) is 6.07 Å². The summed E-state index contributed by atoms with van der Waals surface area (Å²) in [5.74, 6) is 0. The highest BCUT2D eigenvalue weighted by molar-refractivity contribution is 7.92. The molecule has 0 aliphatic heterocycles.